The molecule has 176 valence electrons. The number of benzene rings is 2. The van der Waals surface area contributed by atoms with Crippen molar-refractivity contribution in [2.75, 3.05) is 13.1 Å². The van der Waals surface area contributed by atoms with Gasteiger partial charge in [-0.3, -0.25) is 9.48 Å². The Bertz CT molecular complexity index is 1410. The van der Waals surface area contributed by atoms with Crippen molar-refractivity contribution in [3.8, 4) is 22.5 Å². The molecule has 1 aliphatic heterocycles. The van der Waals surface area contributed by atoms with Crippen LogP contribution in [0.25, 0.3) is 28.1 Å². The molecule has 2 aromatic carbocycles. The van der Waals surface area contributed by atoms with E-state index in [1.165, 1.54) is 6.07 Å². The normalized spacial score (nSPS) is 13.6. The van der Waals surface area contributed by atoms with E-state index in [0.29, 0.717) is 24.3 Å². The maximum atomic E-state index is 13.8. The van der Waals surface area contributed by atoms with Gasteiger partial charge in [-0.2, -0.15) is 5.10 Å². The molecule has 0 atom stereocenters. The van der Waals surface area contributed by atoms with Crippen molar-refractivity contribution >= 4 is 11.5 Å². The number of carbonyl (C=O) groups excluding carboxylic acids is 1. The summed E-state index contributed by atoms with van der Waals surface area (Å²) in [4.78, 5) is 23.6. The first-order chi connectivity index (χ1) is 17.0. The summed E-state index contributed by atoms with van der Waals surface area (Å²) in [5, 5.41) is 4.75. The Kier molecular flexibility index (Phi) is 6.23. The number of hydrogen-bond donors (Lipinski definition) is 0. The summed E-state index contributed by atoms with van der Waals surface area (Å²) < 4.78 is 15.6. The fraction of sp³-hybridized carbons (Fsp3) is 0.214. The van der Waals surface area contributed by atoms with Crippen molar-refractivity contribution in [1.82, 2.24) is 24.6 Å². The number of amides is 1. The van der Waals surface area contributed by atoms with E-state index >= 15 is 0 Å². The van der Waals surface area contributed by atoms with E-state index in [1.807, 2.05) is 54.3 Å². The molecule has 0 saturated heterocycles. The van der Waals surface area contributed by atoms with Gasteiger partial charge in [-0.05, 0) is 67.3 Å². The minimum atomic E-state index is -0.249. The molecule has 0 unspecified atom stereocenters. The lowest BCUT2D eigenvalue weighted by Gasteiger charge is -2.26. The third-order valence-corrected chi connectivity index (χ3v) is 6.28. The van der Waals surface area contributed by atoms with Crippen LogP contribution in [0.15, 0.2) is 73.1 Å². The number of carbonyl (C=O) groups is 1. The highest BCUT2D eigenvalue weighted by atomic mass is 19.1. The number of rotatable bonds is 5. The molecule has 0 N–H and O–H groups in total. The lowest BCUT2D eigenvalue weighted by atomic mass is 10.0. The minimum Gasteiger partial charge on any atom is -0.337 e. The van der Waals surface area contributed by atoms with Gasteiger partial charge in [0.15, 0.2) is 0 Å². The Morgan fingerprint density at radius 2 is 1.80 bits per heavy atom. The van der Waals surface area contributed by atoms with Gasteiger partial charge >= 0.3 is 0 Å². The molecule has 0 aliphatic carbocycles. The third-order valence-electron chi connectivity index (χ3n) is 6.28. The quantitative estimate of drug-likeness (QED) is 0.411. The number of aromatic nitrogens is 4. The average Bonchev–Trinajstić information content (AvgIpc) is 3.30. The first kappa shape index (κ1) is 22.7. The Morgan fingerprint density at radius 3 is 2.51 bits per heavy atom. The van der Waals surface area contributed by atoms with Crippen molar-refractivity contribution in [3.63, 3.8) is 0 Å². The van der Waals surface area contributed by atoms with E-state index in [9.17, 15) is 9.18 Å². The van der Waals surface area contributed by atoms with Crippen LogP contribution in [0.4, 0.5) is 4.39 Å². The van der Waals surface area contributed by atoms with Gasteiger partial charge in [0.25, 0.3) is 0 Å². The monoisotopic (exact) mass is 467 g/mol. The van der Waals surface area contributed by atoms with Crippen LogP contribution in [0.5, 0.6) is 0 Å². The molecule has 35 heavy (non-hydrogen) atoms. The number of halogens is 1. The molecule has 4 aromatic rings. The van der Waals surface area contributed by atoms with E-state index in [0.717, 1.165) is 40.2 Å². The first-order valence-corrected chi connectivity index (χ1v) is 11.6. The van der Waals surface area contributed by atoms with Crippen molar-refractivity contribution < 1.29 is 9.18 Å². The second-order valence-corrected chi connectivity index (χ2v) is 8.77. The summed E-state index contributed by atoms with van der Waals surface area (Å²) in [7, 11) is 0. The zero-order valence-electron chi connectivity index (χ0n) is 19.8. The second-order valence-electron chi connectivity index (χ2n) is 8.77. The maximum Gasteiger partial charge on any atom is 0.244 e. The predicted octanol–water partition coefficient (Wildman–Crippen LogP) is 5.08. The molecule has 7 heteroatoms. The fourth-order valence-corrected chi connectivity index (χ4v) is 4.31. The highest BCUT2D eigenvalue weighted by Crippen LogP contribution is 2.28. The van der Waals surface area contributed by atoms with Crippen LogP contribution >= 0.6 is 0 Å². The molecule has 1 aliphatic rings. The van der Waals surface area contributed by atoms with Gasteiger partial charge in [0.2, 0.25) is 5.91 Å². The van der Waals surface area contributed by atoms with Gasteiger partial charge in [-0.25, -0.2) is 14.4 Å². The van der Waals surface area contributed by atoms with Crippen LogP contribution in [-0.4, -0.2) is 43.6 Å². The van der Waals surface area contributed by atoms with E-state index < -0.39 is 0 Å². The van der Waals surface area contributed by atoms with E-state index in [4.69, 9.17) is 5.10 Å². The number of hydrogen-bond acceptors (Lipinski definition) is 4. The lowest BCUT2D eigenvalue weighted by Crippen LogP contribution is -2.37. The molecule has 1 amide bonds. The molecular weight excluding hydrogens is 441 g/mol. The van der Waals surface area contributed by atoms with Gasteiger partial charge < -0.3 is 4.90 Å². The van der Waals surface area contributed by atoms with Crippen LogP contribution in [0.2, 0.25) is 0 Å². The molecule has 0 fully saturated rings. The second kappa shape index (κ2) is 9.62. The zero-order valence-corrected chi connectivity index (χ0v) is 19.8. The van der Waals surface area contributed by atoms with Crippen molar-refractivity contribution in [1.29, 1.82) is 0 Å². The van der Waals surface area contributed by atoms with Gasteiger partial charge in [0, 0.05) is 24.3 Å². The van der Waals surface area contributed by atoms with Crippen molar-refractivity contribution in [2.24, 2.45) is 0 Å². The molecule has 6 nitrogen and oxygen atoms in total. The fourth-order valence-electron chi connectivity index (χ4n) is 4.31. The van der Waals surface area contributed by atoms with Crippen LogP contribution in [0.3, 0.4) is 0 Å². The Morgan fingerprint density at radius 1 is 0.971 bits per heavy atom. The summed E-state index contributed by atoms with van der Waals surface area (Å²) in [5.74, 6) is -0.248. The molecule has 0 saturated carbocycles. The van der Waals surface area contributed by atoms with Gasteiger partial charge in [-0.1, -0.05) is 36.4 Å². The van der Waals surface area contributed by atoms with E-state index in [2.05, 4.69) is 16.0 Å². The standard InChI is InChI=1S/C28H26FN5O/c1-19-14-23(8-9-24(19)29)26-16-27(22-6-4-3-5-7-22)34(32-26)17-28(35)33-12-10-21(11-13-33)25-15-20(2)30-18-31-25/h3-10,14-16,18H,11-13,17H2,1-2H3. The van der Waals surface area contributed by atoms with E-state index in [-0.39, 0.29) is 18.3 Å². The Hall–Kier alpha value is -4.13. The zero-order chi connectivity index (χ0) is 24.4. The first-order valence-electron chi connectivity index (χ1n) is 11.6. The van der Waals surface area contributed by atoms with Crippen LogP contribution in [-0.2, 0) is 11.3 Å². The van der Waals surface area contributed by atoms with Gasteiger partial charge in [0.05, 0.1) is 17.1 Å². The molecule has 0 radical (unpaired) electrons. The SMILES string of the molecule is Cc1cc(C2=CCN(C(=O)Cn3nc(-c4ccc(F)c(C)c4)cc3-c3ccccc3)CC2)ncn1. The summed E-state index contributed by atoms with van der Waals surface area (Å²) in [6, 6.07) is 18.8. The molecule has 2 aromatic heterocycles. The van der Waals surface area contributed by atoms with E-state index in [1.54, 1.807) is 30.1 Å². The average molecular weight is 468 g/mol. The van der Waals surface area contributed by atoms with Crippen LogP contribution in [0.1, 0.15) is 23.4 Å². The highest BCUT2D eigenvalue weighted by Gasteiger charge is 2.21. The topological polar surface area (TPSA) is 63.9 Å². The smallest absolute Gasteiger partial charge is 0.244 e. The van der Waals surface area contributed by atoms with Crippen molar-refractivity contribution in [3.05, 3.63) is 95.8 Å². The number of nitrogens with zero attached hydrogens (tertiary/aromatic N) is 5. The number of aryl methyl sites for hydroxylation is 2. The summed E-state index contributed by atoms with van der Waals surface area (Å²) >= 11 is 0. The van der Waals surface area contributed by atoms with Crippen LogP contribution < -0.4 is 0 Å². The minimum absolute atomic E-state index is 0.00119. The maximum absolute atomic E-state index is 13.8. The van der Waals surface area contributed by atoms with Crippen LogP contribution in [0, 0.1) is 19.7 Å². The Balaban J connectivity index is 1.39. The molecule has 0 spiro atoms. The molecule has 5 rings (SSSR count). The van der Waals surface area contributed by atoms with Crippen molar-refractivity contribution in [2.45, 2.75) is 26.8 Å². The highest BCUT2D eigenvalue weighted by molar-refractivity contribution is 5.79. The molecular formula is C28H26FN5O. The molecule has 0 bridgehead atoms. The Labute approximate surface area is 203 Å². The van der Waals surface area contributed by atoms with Gasteiger partial charge in [-0.15, -0.1) is 0 Å². The molecule has 3 heterocycles. The lowest BCUT2D eigenvalue weighted by molar-refractivity contribution is -0.131. The predicted molar refractivity (Wildman–Crippen MR) is 134 cm³/mol. The summed E-state index contributed by atoms with van der Waals surface area (Å²) in [5.41, 5.74) is 6.88. The summed E-state index contributed by atoms with van der Waals surface area (Å²) in [6.07, 6.45) is 4.39. The summed E-state index contributed by atoms with van der Waals surface area (Å²) in [6.45, 7) is 4.96. The third kappa shape index (κ3) is 4.89. The largest absolute Gasteiger partial charge is 0.337 e. The van der Waals surface area contributed by atoms with Gasteiger partial charge in [0.1, 0.15) is 18.7 Å².